The number of thioether (sulfide) groups is 1. The Morgan fingerprint density at radius 3 is 2.36 bits per heavy atom. The van der Waals surface area contributed by atoms with Crippen LogP contribution in [0.2, 0.25) is 0 Å². The Morgan fingerprint density at radius 1 is 1.08 bits per heavy atom. The van der Waals surface area contributed by atoms with Crippen LogP contribution < -0.4 is 5.32 Å². The molecular weight excluding hydrogens is 351 g/mol. The molecule has 0 atom stereocenters. The number of hydrogen-bond donors (Lipinski definition) is 1. The van der Waals surface area contributed by atoms with Crippen LogP contribution in [-0.2, 0) is 11.0 Å². The summed E-state index contributed by atoms with van der Waals surface area (Å²) in [6, 6.07) is 11.3. The number of alkyl halides is 3. The number of halogens is 3. The van der Waals surface area contributed by atoms with E-state index in [9.17, 15) is 22.8 Å². The summed E-state index contributed by atoms with van der Waals surface area (Å²) in [5.41, 5.74) is 0.295. The minimum atomic E-state index is -4.40. The van der Waals surface area contributed by atoms with Gasteiger partial charge in [0.25, 0.3) is 0 Å². The van der Waals surface area contributed by atoms with Gasteiger partial charge in [0.1, 0.15) is 0 Å². The van der Waals surface area contributed by atoms with Gasteiger partial charge in [-0.05, 0) is 42.5 Å². The van der Waals surface area contributed by atoms with E-state index in [0.29, 0.717) is 22.6 Å². The number of carbonyl (C=O) groups excluding carboxylic acids is 2. The van der Waals surface area contributed by atoms with Crippen molar-refractivity contribution in [2.45, 2.75) is 24.4 Å². The van der Waals surface area contributed by atoms with Crippen molar-refractivity contribution in [3.63, 3.8) is 0 Å². The van der Waals surface area contributed by atoms with Crippen LogP contribution in [0.1, 0.15) is 29.3 Å². The van der Waals surface area contributed by atoms with Gasteiger partial charge in [-0.25, -0.2) is 0 Å². The van der Waals surface area contributed by atoms with E-state index >= 15 is 0 Å². The van der Waals surface area contributed by atoms with Crippen LogP contribution >= 0.6 is 11.8 Å². The SMILES string of the molecule is CCC(=O)Nc1ccc(C(=O)CSc2cccc(C(F)(F)F)c2)cc1. The predicted octanol–water partition coefficient (Wildman–Crippen LogP) is 5.03. The Kier molecular flexibility index (Phi) is 6.25. The highest BCUT2D eigenvalue weighted by atomic mass is 32.2. The summed E-state index contributed by atoms with van der Waals surface area (Å²) in [5, 5.41) is 2.67. The van der Waals surface area contributed by atoms with Gasteiger partial charge in [0.05, 0.1) is 11.3 Å². The van der Waals surface area contributed by atoms with Crippen LogP contribution in [0.5, 0.6) is 0 Å². The molecule has 0 unspecified atom stereocenters. The van der Waals surface area contributed by atoms with Crippen LogP contribution in [0.25, 0.3) is 0 Å². The van der Waals surface area contributed by atoms with Crippen LogP contribution in [0.4, 0.5) is 18.9 Å². The van der Waals surface area contributed by atoms with Crippen LogP contribution in [0.3, 0.4) is 0 Å². The van der Waals surface area contributed by atoms with E-state index in [2.05, 4.69) is 5.32 Å². The van der Waals surface area contributed by atoms with Gasteiger partial charge in [-0.2, -0.15) is 13.2 Å². The lowest BCUT2D eigenvalue weighted by Crippen LogP contribution is -2.09. The van der Waals surface area contributed by atoms with Gasteiger partial charge >= 0.3 is 6.18 Å². The van der Waals surface area contributed by atoms with Gasteiger partial charge in [0.15, 0.2) is 5.78 Å². The molecule has 0 radical (unpaired) electrons. The molecule has 1 N–H and O–H groups in total. The molecule has 0 bridgehead atoms. The Hall–Kier alpha value is -2.28. The van der Waals surface area contributed by atoms with Crippen molar-refractivity contribution in [3.05, 3.63) is 59.7 Å². The maximum Gasteiger partial charge on any atom is 0.416 e. The number of nitrogens with one attached hydrogen (secondary N) is 1. The summed E-state index contributed by atoms with van der Waals surface area (Å²) < 4.78 is 38.0. The first-order chi connectivity index (χ1) is 11.8. The van der Waals surface area contributed by atoms with Crippen molar-refractivity contribution in [2.75, 3.05) is 11.1 Å². The number of ketones is 1. The van der Waals surface area contributed by atoms with E-state index in [1.165, 1.54) is 12.1 Å². The highest BCUT2D eigenvalue weighted by molar-refractivity contribution is 8.00. The molecule has 2 rings (SSSR count). The summed E-state index contributed by atoms with van der Waals surface area (Å²) in [4.78, 5) is 23.8. The largest absolute Gasteiger partial charge is 0.416 e. The summed E-state index contributed by atoms with van der Waals surface area (Å²) in [5.74, 6) is -0.294. The minimum absolute atomic E-state index is 0.0297. The van der Waals surface area contributed by atoms with Gasteiger partial charge in [-0.1, -0.05) is 13.0 Å². The van der Waals surface area contributed by atoms with E-state index in [0.717, 1.165) is 23.9 Å². The number of anilines is 1. The fourth-order valence-corrected chi connectivity index (χ4v) is 2.83. The first-order valence-corrected chi connectivity index (χ1v) is 8.51. The molecule has 7 heteroatoms. The molecule has 0 aromatic heterocycles. The highest BCUT2D eigenvalue weighted by Gasteiger charge is 2.30. The molecule has 0 spiro atoms. The molecule has 25 heavy (non-hydrogen) atoms. The predicted molar refractivity (Wildman–Crippen MR) is 91.9 cm³/mol. The lowest BCUT2D eigenvalue weighted by Gasteiger charge is -2.08. The topological polar surface area (TPSA) is 46.2 Å². The molecule has 0 aliphatic heterocycles. The number of amides is 1. The third-order valence-electron chi connectivity index (χ3n) is 3.34. The van der Waals surface area contributed by atoms with E-state index in [4.69, 9.17) is 0 Å². The molecule has 0 saturated heterocycles. The Balaban J connectivity index is 1.97. The average Bonchev–Trinajstić information content (AvgIpc) is 2.59. The maximum absolute atomic E-state index is 12.7. The summed E-state index contributed by atoms with van der Waals surface area (Å²) in [6.45, 7) is 1.73. The number of rotatable bonds is 6. The fraction of sp³-hybridized carbons (Fsp3) is 0.222. The van der Waals surface area contributed by atoms with Gasteiger partial charge in [-0.3, -0.25) is 9.59 Å². The molecule has 2 aromatic rings. The molecular formula is C18H16F3NO2S. The van der Waals surface area contributed by atoms with E-state index < -0.39 is 11.7 Å². The quantitative estimate of drug-likeness (QED) is 0.575. The van der Waals surface area contributed by atoms with Crippen LogP contribution in [-0.4, -0.2) is 17.4 Å². The number of Topliss-reactive ketones (excluding diaryl/α,β-unsaturated/α-hetero) is 1. The monoisotopic (exact) mass is 367 g/mol. The molecule has 132 valence electrons. The zero-order valence-corrected chi connectivity index (χ0v) is 14.2. The summed E-state index contributed by atoms with van der Waals surface area (Å²) >= 11 is 1.05. The van der Waals surface area contributed by atoms with Crippen molar-refractivity contribution in [1.29, 1.82) is 0 Å². The first-order valence-electron chi connectivity index (χ1n) is 7.52. The van der Waals surface area contributed by atoms with Crippen molar-refractivity contribution in [1.82, 2.24) is 0 Å². The molecule has 0 aliphatic rings. The highest BCUT2D eigenvalue weighted by Crippen LogP contribution is 2.32. The van der Waals surface area contributed by atoms with Gasteiger partial charge in [-0.15, -0.1) is 11.8 Å². The molecule has 3 nitrogen and oxygen atoms in total. The van der Waals surface area contributed by atoms with E-state index in [1.54, 1.807) is 31.2 Å². The third kappa shape index (κ3) is 5.63. The van der Waals surface area contributed by atoms with Gasteiger partial charge in [0, 0.05) is 22.6 Å². The molecule has 0 saturated carbocycles. The normalized spacial score (nSPS) is 11.2. The van der Waals surface area contributed by atoms with E-state index in [1.807, 2.05) is 0 Å². The van der Waals surface area contributed by atoms with Crippen molar-refractivity contribution >= 4 is 29.1 Å². The smallest absolute Gasteiger partial charge is 0.326 e. The lowest BCUT2D eigenvalue weighted by molar-refractivity contribution is -0.137. The zero-order chi connectivity index (χ0) is 18.4. The molecule has 0 aliphatic carbocycles. The number of hydrogen-bond acceptors (Lipinski definition) is 3. The summed E-state index contributed by atoms with van der Waals surface area (Å²) in [7, 11) is 0. The van der Waals surface area contributed by atoms with Gasteiger partial charge in [0.2, 0.25) is 5.91 Å². The van der Waals surface area contributed by atoms with E-state index in [-0.39, 0.29) is 17.4 Å². The maximum atomic E-state index is 12.7. The third-order valence-corrected chi connectivity index (χ3v) is 4.34. The van der Waals surface area contributed by atoms with Crippen molar-refractivity contribution in [2.24, 2.45) is 0 Å². The minimum Gasteiger partial charge on any atom is -0.326 e. The van der Waals surface area contributed by atoms with Crippen molar-refractivity contribution < 1.29 is 22.8 Å². The second-order valence-electron chi connectivity index (χ2n) is 5.22. The lowest BCUT2D eigenvalue weighted by atomic mass is 10.1. The summed E-state index contributed by atoms with van der Waals surface area (Å²) in [6.07, 6.45) is -4.05. The standard InChI is InChI=1S/C18H16F3NO2S/c1-2-17(24)22-14-8-6-12(7-9-14)16(23)11-25-15-5-3-4-13(10-15)18(19,20)21/h3-10H,2,11H2,1H3,(H,22,24). The number of carbonyl (C=O) groups is 2. The average molecular weight is 367 g/mol. The van der Waals surface area contributed by atoms with Crippen LogP contribution in [0.15, 0.2) is 53.4 Å². The van der Waals surface area contributed by atoms with Crippen LogP contribution in [0, 0.1) is 0 Å². The molecule has 0 fully saturated rings. The molecule has 0 heterocycles. The van der Waals surface area contributed by atoms with Crippen molar-refractivity contribution in [3.8, 4) is 0 Å². The zero-order valence-electron chi connectivity index (χ0n) is 13.4. The number of benzene rings is 2. The second kappa shape index (κ2) is 8.20. The fourth-order valence-electron chi connectivity index (χ4n) is 1.98. The Bertz CT molecular complexity index is 758. The Morgan fingerprint density at radius 2 is 1.76 bits per heavy atom. The Labute approximate surface area is 147 Å². The van der Waals surface area contributed by atoms with Gasteiger partial charge < -0.3 is 5.32 Å². The second-order valence-corrected chi connectivity index (χ2v) is 6.27. The molecule has 2 aromatic carbocycles. The first kappa shape index (κ1) is 19.1. The molecule has 1 amide bonds.